The van der Waals surface area contributed by atoms with Crippen molar-refractivity contribution >= 4 is 24.2 Å². The Balaban J connectivity index is 0.00000225. The summed E-state index contributed by atoms with van der Waals surface area (Å²) in [6.07, 6.45) is 3.66. The molecule has 0 heterocycles. The number of halogens is 1. The number of amides is 2. The van der Waals surface area contributed by atoms with Crippen LogP contribution in [-0.4, -0.2) is 24.4 Å². The zero-order valence-electron chi connectivity index (χ0n) is 9.49. The topological polar surface area (TPSA) is 98.2 Å². The first kappa shape index (κ1) is 15.2. The molecular formula is C10H20ClN3O2. The van der Waals surface area contributed by atoms with Gasteiger partial charge in [0.2, 0.25) is 11.8 Å². The molecular weight excluding hydrogens is 230 g/mol. The standard InChI is InChI=1S/C10H19N3O2.ClH/c1-7(8(12)14)13-9(15)10(6-11)4-2-3-5-10;/h7H,2-6,11H2,1H3,(H2,12,14)(H,13,15);1H/t7-;/m0./s1. The number of hydrogen-bond acceptors (Lipinski definition) is 3. The van der Waals surface area contributed by atoms with Crippen molar-refractivity contribution in [3.63, 3.8) is 0 Å². The number of nitrogens with two attached hydrogens (primary N) is 2. The first-order chi connectivity index (χ1) is 7.02. The molecule has 1 fully saturated rings. The van der Waals surface area contributed by atoms with Crippen molar-refractivity contribution in [3.8, 4) is 0 Å². The number of carbonyl (C=O) groups is 2. The zero-order valence-corrected chi connectivity index (χ0v) is 10.3. The molecule has 5 N–H and O–H groups in total. The summed E-state index contributed by atoms with van der Waals surface area (Å²) in [6, 6.07) is -0.624. The molecule has 1 aliphatic rings. The predicted molar refractivity (Wildman–Crippen MR) is 64.0 cm³/mol. The Bertz CT molecular complexity index is 265. The molecule has 0 aromatic carbocycles. The number of hydrogen-bond donors (Lipinski definition) is 3. The van der Waals surface area contributed by atoms with E-state index in [1.54, 1.807) is 6.92 Å². The van der Waals surface area contributed by atoms with Crippen LogP contribution in [-0.2, 0) is 9.59 Å². The van der Waals surface area contributed by atoms with Crippen LogP contribution in [0.15, 0.2) is 0 Å². The van der Waals surface area contributed by atoms with E-state index in [-0.39, 0.29) is 18.3 Å². The lowest BCUT2D eigenvalue weighted by atomic mass is 9.85. The van der Waals surface area contributed by atoms with Crippen molar-refractivity contribution in [2.75, 3.05) is 6.54 Å². The Kier molecular flexibility index (Phi) is 5.75. The SMILES string of the molecule is C[C@H](NC(=O)C1(CN)CCCC1)C(N)=O.Cl. The third-order valence-electron chi connectivity index (χ3n) is 3.21. The maximum absolute atomic E-state index is 11.9. The molecule has 0 aliphatic heterocycles. The molecule has 0 unspecified atom stereocenters. The molecule has 0 bridgehead atoms. The van der Waals surface area contributed by atoms with Crippen LogP contribution in [0.1, 0.15) is 32.6 Å². The van der Waals surface area contributed by atoms with Gasteiger partial charge in [-0.1, -0.05) is 12.8 Å². The van der Waals surface area contributed by atoms with Crippen LogP contribution in [0.4, 0.5) is 0 Å². The van der Waals surface area contributed by atoms with E-state index in [1.807, 2.05) is 0 Å². The molecule has 1 rings (SSSR count). The Labute approximate surface area is 102 Å². The third-order valence-corrected chi connectivity index (χ3v) is 3.21. The van der Waals surface area contributed by atoms with Crippen molar-refractivity contribution in [2.24, 2.45) is 16.9 Å². The molecule has 1 saturated carbocycles. The lowest BCUT2D eigenvalue weighted by Gasteiger charge is -2.27. The lowest BCUT2D eigenvalue weighted by Crippen LogP contribution is -2.50. The molecule has 0 spiro atoms. The summed E-state index contributed by atoms with van der Waals surface area (Å²) in [5, 5.41) is 2.62. The van der Waals surface area contributed by atoms with E-state index >= 15 is 0 Å². The third kappa shape index (κ3) is 3.09. The Morgan fingerprint density at radius 3 is 2.25 bits per heavy atom. The highest BCUT2D eigenvalue weighted by Crippen LogP contribution is 2.37. The van der Waals surface area contributed by atoms with Crippen LogP contribution in [0, 0.1) is 5.41 Å². The van der Waals surface area contributed by atoms with Crippen LogP contribution in [0.25, 0.3) is 0 Å². The number of carbonyl (C=O) groups excluding carboxylic acids is 2. The quantitative estimate of drug-likeness (QED) is 0.650. The van der Waals surface area contributed by atoms with E-state index in [2.05, 4.69) is 5.32 Å². The number of rotatable bonds is 4. The molecule has 0 saturated heterocycles. The van der Waals surface area contributed by atoms with Crippen LogP contribution < -0.4 is 16.8 Å². The second-order valence-electron chi connectivity index (χ2n) is 4.29. The minimum Gasteiger partial charge on any atom is -0.368 e. The number of nitrogens with one attached hydrogen (secondary N) is 1. The Morgan fingerprint density at radius 1 is 1.38 bits per heavy atom. The average Bonchev–Trinajstić information content (AvgIpc) is 2.66. The van der Waals surface area contributed by atoms with Crippen LogP contribution >= 0.6 is 12.4 Å². The minimum absolute atomic E-state index is 0. The molecule has 1 atom stereocenters. The van der Waals surface area contributed by atoms with Gasteiger partial charge in [0.05, 0.1) is 5.41 Å². The van der Waals surface area contributed by atoms with E-state index in [9.17, 15) is 9.59 Å². The van der Waals surface area contributed by atoms with Gasteiger partial charge in [0, 0.05) is 6.54 Å². The molecule has 5 nitrogen and oxygen atoms in total. The number of primary amides is 1. The zero-order chi connectivity index (χ0) is 11.5. The van der Waals surface area contributed by atoms with Gasteiger partial charge in [0.15, 0.2) is 0 Å². The Hall–Kier alpha value is -0.810. The van der Waals surface area contributed by atoms with Gasteiger partial charge in [-0.15, -0.1) is 12.4 Å². The normalized spacial score (nSPS) is 19.6. The molecule has 0 aromatic rings. The monoisotopic (exact) mass is 249 g/mol. The summed E-state index contributed by atoms with van der Waals surface area (Å²) >= 11 is 0. The largest absolute Gasteiger partial charge is 0.368 e. The fraction of sp³-hybridized carbons (Fsp3) is 0.800. The molecule has 2 amide bonds. The maximum atomic E-state index is 11.9. The van der Waals surface area contributed by atoms with E-state index in [1.165, 1.54) is 0 Å². The van der Waals surface area contributed by atoms with Gasteiger partial charge in [-0.05, 0) is 19.8 Å². The van der Waals surface area contributed by atoms with Gasteiger partial charge >= 0.3 is 0 Å². The summed E-state index contributed by atoms with van der Waals surface area (Å²) in [4.78, 5) is 22.7. The van der Waals surface area contributed by atoms with Crippen LogP contribution in [0.5, 0.6) is 0 Å². The summed E-state index contributed by atoms with van der Waals surface area (Å²) < 4.78 is 0. The van der Waals surface area contributed by atoms with Crippen molar-refractivity contribution in [3.05, 3.63) is 0 Å². The maximum Gasteiger partial charge on any atom is 0.239 e. The highest BCUT2D eigenvalue weighted by Gasteiger charge is 2.40. The van der Waals surface area contributed by atoms with Crippen molar-refractivity contribution in [1.82, 2.24) is 5.32 Å². The first-order valence-corrected chi connectivity index (χ1v) is 5.32. The van der Waals surface area contributed by atoms with Crippen LogP contribution in [0.2, 0.25) is 0 Å². The van der Waals surface area contributed by atoms with Gasteiger partial charge in [-0.2, -0.15) is 0 Å². The van der Waals surface area contributed by atoms with Crippen molar-refractivity contribution in [2.45, 2.75) is 38.6 Å². The molecule has 94 valence electrons. The summed E-state index contributed by atoms with van der Waals surface area (Å²) in [6.45, 7) is 1.92. The van der Waals surface area contributed by atoms with Gasteiger partial charge in [-0.25, -0.2) is 0 Å². The van der Waals surface area contributed by atoms with E-state index in [0.29, 0.717) is 6.54 Å². The summed E-state index contributed by atoms with van der Waals surface area (Å²) in [7, 11) is 0. The summed E-state index contributed by atoms with van der Waals surface area (Å²) in [5.41, 5.74) is 10.3. The van der Waals surface area contributed by atoms with Gasteiger partial charge < -0.3 is 16.8 Å². The lowest BCUT2D eigenvalue weighted by molar-refractivity contribution is -0.133. The average molecular weight is 250 g/mol. The smallest absolute Gasteiger partial charge is 0.239 e. The van der Waals surface area contributed by atoms with Gasteiger partial charge in [0.25, 0.3) is 0 Å². The highest BCUT2D eigenvalue weighted by atomic mass is 35.5. The van der Waals surface area contributed by atoms with E-state index < -0.39 is 17.4 Å². The summed E-state index contributed by atoms with van der Waals surface area (Å²) in [5.74, 6) is -0.651. The molecule has 6 heteroatoms. The Morgan fingerprint density at radius 2 is 1.88 bits per heavy atom. The second kappa shape index (κ2) is 6.06. The second-order valence-corrected chi connectivity index (χ2v) is 4.29. The molecule has 0 radical (unpaired) electrons. The van der Waals surface area contributed by atoms with E-state index in [4.69, 9.17) is 11.5 Å². The minimum atomic E-state index is -0.624. The highest BCUT2D eigenvalue weighted by molar-refractivity contribution is 5.89. The van der Waals surface area contributed by atoms with Gasteiger partial charge in [0.1, 0.15) is 6.04 Å². The van der Waals surface area contributed by atoms with E-state index in [0.717, 1.165) is 25.7 Å². The predicted octanol–water partition coefficient (Wildman–Crippen LogP) is -0.0827. The fourth-order valence-electron chi connectivity index (χ4n) is 2.00. The van der Waals surface area contributed by atoms with Crippen molar-refractivity contribution in [1.29, 1.82) is 0 Å². The molecule has 16 heavy (non-hydrogen) atoms. The molecule has 1 aliphatic carbocycles. The van der Waals surface area contributed by atoms with Gasteiger partial charge in [-0.3, -0.25) is 9.59 Å². The van der Waals surface area contributed by atoms with Crippen molar-refractivity contribution < 1.29 is 9.59 Å². The van der Waals surface area contributed by atoms with Crippen LogP contribution in [0.3, 0.4) is 0 Å². The fourth-order valence-corrected chi connectivity index (χ4v) is 2.00. The first-order valence-electron chi connectivity index (χ1n) is 5.32. The molecule has 0 aromatic heterocycles.